The molecule has 0 radical (unpaired) electrons. The molecule has 0 saturated heterocycles. The van der Waals surface area contributed by atoms with Crippen LogP contribution in [0.4, 0.5) is 11.4 Å². The van der Waals surface area contributed by atoms with Crippen molar-refractivity contribution in [3.05, 3.63) is 35.5 Å². The molecule has 0 spiro atoms. The number of aromatic nitrogens is 2. The van der Waals surface area contributed by atoms with Crippen molar-refractivity contribution in [3.8, 4) is 0 Å². The fourth-order valence-corrected chi connectivity index (χ4v) is 2.73. The molecule has 19 heavy (non-hydrogen) atoms. The molecule has 98 valence electrons. The largest absolute Gasteiger partial charge is 0.397 e. The van der Waals surface area contributed by atoms with Crippen molar-refractivity contribution in [1.29, 1.82) is 0 Å². The van der Waals surface area contributed by atoms with E-state index in [0.717, 1.165) is 30.2 Å². The van der Waals surface area contributed by atoms with Crippen LogP contribution in [0.5, 0.6) is 0 Å². The van der Waals surface area contributed by atoms with Gasteiger partial charge in [-0.05, 0) is 30.9 Å². The Morgan fingerprint density at radius 2 is 2.26 bits per heavy atom. The number of para-hydroxylation sites is 1. The molecule has 1 fully saturated rings. The van der Waals surface area contributed by atoms with Crippen molar-refractivity contribution in [2.45, 2.75) is 31.7 Å². The van der Waals surface area contributed by atoms with Crippen LogP contribution < -0.4 is 10.6 Å². The SMILES string of the molecule is Nc1cccc2c1N(Cc1nc(C3CC3)no1)CC2. The molecule has 1 saturated carbocycles. The first-order chi connectivity index (χ1) is 9.31. The Hall–Kier alpha value is -2.04. The second-order valence-electron chi connectivity index (χ2n) is 5.35. The number of hydrogen-bond donors (Lipinski definition) is 1. The van der Waals surface area contributed by atoms with Gasteiger partial charge < -0.3 is 15.2 Å². The quantitative estimate of drug-likeness (QED) is 0.852. The van der Waals surface area contributed by atoms with E-state index in [1.54, 1.807) is 0 Å². The van der Waals surface area contributed by atoms with E-state index in [-0.39, 0.29) is 0 Å². The summed E-state index contributed by atoms with van der Waals surface area (Å²) in [6.45, 7) is 1.62. The van der Waals surface area contributed by atoms with Gasteiger partial charge in [0.05, 0.1) is 17.9 Å². The first-order valence-corrected chi connectivity index (χ1v) is 6.76. The van der Waals surface area contributed by atoms with Crippen molar-refractivity contribution < 1.29 is 4.52 Å². The van der Waals surface area contributed by atoms with E-state index >= 15 is 0 Å². The van der Waals surface area contributed by atoms with Crippen molar-refractivity contribution in [3.63, 3.8) is 0 Å². The zero-order valence-corrected chi connectivity index (χ0v) is 10.7. The standard InChI is InChI=1S/C14H16N4O/c15-11-3-1-2-9-6-7-18(13(9)11)8-12-16-14(17-19-12)10-4-5-10/h1-3,10H,4-8,15H2. The molecular weight excluding hydrogens is 240 g/mol. The summed E-state index contributed by atoms with van der Waals surface area (Å²) < 4.78 is 5.34. The minimum Gasteiger partial charge on any atom is -0.397 e. The Labute approximate surface area is 111 Å². The average Bonchev–Trinajstić information content (AvgIpc) is 3.02. The van der Waals surface area contributed by atoms with Crippen LogP contribution in [0.15, 0.2) is 22.7 Å². The summed E-state index contributed by atoms with van der Waals surface area (Å²) in [5, 5.41) is 4.05. The van der Waals surface area contributed by atoms with Crippen molar-refractivity contribution in [1.82, 2.24) is 10.1 Å². The van der Waals surface area contributed by atoms with Crippen LogP contribution in [-0.4, -0.2) is 16.7 Å². The van der Waals surface area contributed by atoms with Gasteiger partial charge in [0.2, 0.25) is 5.89 Å². The highest BCUT2D eigenvalue weighted by atomic mass is 16.5. The number of anilines is 2. The van der Waals surface area contributed by atoms with Crippen LogP contribution in [0, 0.1) is 0 Å². The highest BCUT2D eigenvalue weighted by Crippen LogP contribution is 2.38. The van der Waals surface area contributed by atoms with Gasteiger partial charge in [0.15, 0.2) is 5.82 Å². The monoisotopic (exact) mass is 256 g/mol. The highest BCUT2D eigenvalue weighted by Gasteiger charge is 2.29. The molecule has 0 atom stereocenters. The summed E-state index contributed by atoms with van der Waals surface area (Å²) in [4.78, 5) is 6.71. The van der Waals surface area contributed by atoms with Crippen molar-refractivity contribution in [2.75, 3.05) is 17.2 Å². The fourth-order valence-electron chi connectivity index (χ4n) is 2.73. The van der Waals surface area contributed by atoms with E-state index in [0.29, 0.717) is 18.4 Å². The Morgan fingerprint density at radius 1 is 1.37 bits per heavy atom. The van der Waals surface area contributed by atoms with Crippen LogP contribution in [0.3, 0.4) is 0 Å². The number of nitrogens with two attached hydrogens (primary N) is 1. The zero-order valence-electron chi connectivity index (χ0n) is 10.7. The summed E-state index contributed by atoms with van der Waals surface area (Å²) in [5.41, 5.74) is 9.34. The zero-order chi connectivity index (χ0) is 12.8. The lowest BCUT2D eigenvalue weighted by Crippen LogP contribution is -2.20. The number of fused-ring (bicyclic) bond motifs is 1. The molecule has 2 aliphatic rings. The van der Waals surface area contributed by atoms with E-state index in [2.05, 4.69) is 21.1 Å². The first-order valence-electron chi connectivity index (χ1n) is 6.76. The molecule has 0 bridgehead atoms. The molecule has 1 aromatic heterocycles. The Kier molecular flexibility index (Phi) is 2.27. The van der Waals surface area contributed by atoms with Crippen LogP contribution in [0.25, 0.3) is 0 Å². The van der Waals surface area contributed by atoms with E-state index in [9.17, 15) is 0 Å². The molecule has 2 heterocycles. The third-order valence-electron chi connectivity index (χ3n) is 3.87. The van der Waals surface area contributed by atoms with E-state index < -0.39 is 0 Å². The van der Waals surface area contributed by atoms with Gasteiger partial charge in [-0.25, -0.2) is 0 Å². The van der Waals surface area contributed by atoms with Crippen LogP contribution in [-0.2, 0) is 13.0 Å². The van der Waals surface area contributed by atoms with Crippen LogP contribution in [0.2, 0.25) is 0 Å². The molecule has 5 heteroatoms. The van der Waals surface area contributed by atoms with Gasteiger partial charge in [0.25, 0.3) is 0 Å². The number of benzene rings is 1. The lowest BCUT2D eigenvalue weighted by molar-refractivity contribution is 0.372. The van der Waals surface area contributed by atoms with E-state index in [1.165, 1.54) is 18.4 Å². The number of hydrogen-bond acceptors (Lipinski definition) is 5. The van der Waals surface area contributed by atoms with Gasteiger partial charge in [-0.3, -0.25) is 0 Å². The van der Waals surface area contributed by atoms with Gasteiger partial charge in [-0.2, -0.15) is 4.98 Å². The molecule has 0 unspecified atom stereocenters. The molecule has 1 aliphatic heterocycles. The van der Waals surface area contributed by atoms with Crippen molar-refractivity contribution >= 4 is 11.4 Å². The number of rotatable bonds is 3. The highest BCUT2D eigenvalue weighted by molar-refractivity contribution is 5.74. The lowest BCUT2D eigenvalue weighted by atomic mass is 10.1. The molecule has 1 aromatic carbocycles. The molecular formula is C14H16N4O. The third-order valence-corrected chi connectivity index (χ3v) is 3.87. The summed E-state index contributed by atoms with van der Waals surface area (Å²) >= 11 is 0. The fraction of sp³-hybridized carbons (Fsp3) is 0.429. The molecule has 5 nitrogen and oxygen atoms in total. The minimum absolute atomic E-state index is 0.536. The maximum absolute atomic E-state index is 6.07. The summed E-state index contributed by atoms with van der Waals surface area (Å²) in [6.07, 6.45) is 3.42. The lowest BCUT2D eigenvalue weighted by Gasteiger charge is -2.18. The Balaban J connectivity index is 1.58. The van der Waals surface area contributed by atoms with Gasteiger partial charge in [-0.1, -0.05) is 17.3 Å². The van der Waals surface area contributed by atoms with Gasteiger partial charge in [0.1, 0.15) is 0 Å². The predicted molar refractivity (Wildman–Crippen MR) is 71.9 cm³/mol. The Morgan fingerprint density at radius 3 is 3.11 bits per heavy atom. The number of nitrogens with zero attached hydrogens (tertiary/aromatic N) is 3. The predicted octanol–water partition coefficient (Wildman–Crippen LogP) is 2.09. The minimum atomic E-state index is 0.536. The summed E-state index contributed by atoms with van der Waals surface area (Å²) in [6, 6.07) is 6.09. The Bertz CT molecular complexity index is 618. The average molecular weight is 256 g/mol. The van der Waals surface area contributed by atoms with Crippen LogP contribution in [0.1, 0.15) is 36.0 Å². The maximum Gasteiger partial charge on any atom is 0.246 e. The van der Waals surface area contributed by atoms with Crippen molar-refractivity contribution in [2.24, 2.45) is 0 Å². The van der Waals surface area contributed by atoms with Gasteiger partial charge >= 0.3 is 0 Å². The molecule has 0 amide bonds. The number of nitrogen functional groups attached to an aromatic ring is 1. The molecule has 2 aromatic rings. The third kappa shape index (κ3) is 1.85. The summed E-state index contributed by atoms with van der Waals surface area (Å²) in [7, 11) is 0. The topological polar surface area (TPSA) is 68.2 Å². The second-order valence-corrected chi connectivity index (χ2v) is 5.35. The normalized spacial score (nSPS) is 17.8. The van der Waals surface area contributed by atoms with E-state index in [4.69, 9.17) is 10.3 Å². The van der Waals surface area contributed by atoms with Gasteiger partial charge in [-0.15, -0.1) is 0 Å². The molecule has 2 N–H and O–H groups in total. The molecule has 1 aliphatic carbocycles. The van der Waals surface area contributed by atoms with E-state index in [1.807, 2.05) is 12.1 Å². The maximum atomic E-state index is 6.07. The molecule has 4 rings (SSSR count). The smallest absolute Gasteiger partial charge is 0.246 e. The first kappa shape index (κ1) is 10.8. The summed E-state index contributed by atoms with van der Waals surface area (Å²) in [5.74, 6) is 2.10. The van der Waals surface area contributed by atoms with Gasteiger partial charge in [0, 0.05) is 12.5 Å². The second kappa shape index (κ2) is 3.98. The van der Waals surface area contributed by atoms with Crippen LogP contribution >= 0.6 is 0 Å².